The number of benzene rings is 2. The molecule has 1 atom stereocenters. The predicted molar refractivity (Wildman–Crippen MR) is 110 cm³/mol. The predicted octanol–water partition coefficient (Wildman–Crippen LogP) is 4.47. The SMILES string of the molecule is Cc1sc(-c2ccccc2)nc1COc1ccc(CCCC(O)C(=O)O)cc1. The second-order valence-electron chi connectivity index (χ2n) is 6.57. The number of nitrogens with zero attached hydrogens (tertiary/aromatic N) is 1. The number of ether oxygens (including phenoxy) is 1. The minimum atomic E-state index is -1.29. The van der Waals surface area contributed by atoms with Crippen LogP contribution in [0.4, 0.5) is 0 Å². The number of hydrogen-bond acceptors (Lipinski definition) is 5. The van der Waals surface area contributed by atoms with Crippen LogP contribution in [0.25, 0.3) is 10.6 Å². The number of carbonyl (C=O) groups is 1. The number of rotatable bonds is 9. The van der Waals surface area contributed by atoms with E-state index in [2.05, 4.69) is 19.1 Å². The lowest BCUT2D eigenvalue weighted by atomic mass is 10.1. The van der Waals surface area contributed by atoms with E-state index in [4.69, 9.17) is 14.8 Å². The van der Waals surface area contributed by atoms with Crippen LogP contribution < -0.4 is 4.74 Å². The van der Waals surface area contributed by atoms with Crippen molar-refractivity contribution in [3.05, 3.63) is 70.7 Å². The Kier molecular flexibility index (Phi) is 6.79. The van der Waals surface area contributed by atoms with Gasteiger partial charge in [0.15, 0.2) is 6.10 Å². The van der Waals surface area contributed by atoms with Crippen molar-refractivity contribution in [2.24, 2.45) is 0 Å². The average Bonchev–Trinajstić information content (AvgIpc) is 3.08. The van der Waals surface area contributed by atoms with E-state index < -0.39 is 12.1 Å². The van der Waals surface area contributed by atoms with Gasteiger partial charge in [-0.15, -0.1) is 11.3 Å². The number of aliphatic hydroxyl groups is 1. The molecule has 0 aliphatic heterocycles. The molecular weight excluding hydrogens is 374 g/mol. The molecule has 0 saturated carbocycles. The second kappa shape index (κ2) is 9.48. The lowest BCUT2D eigenvalue weighted by Crippen LogP contribution is -2.19. The number of hydrogen-bond donors (Lipinski definition) is 2. The Morgan fingerprint density at radius 2 is 1.86 bits per heavy atom. The van der Waals surface area contributed by atoms with E-state index in [1.807, 2.05) is 42.5 Å². The Morgan fingerprint density at radius 3 is 2.54 bits per heavy atom. The molecule has 0 radical (unpaired) electrons. The molecule has 0 spiro atoms. The molecule has 2 N–H and O–H groups in total. The standard InChI is InChI=1S/C22H23NO4S/c1-15-19(23-21(28-15)17-7-3-2-4-8-17)14-27-18-12-10-16(11-13-18)6-5-9-20(24)22(25)26/h2-4,7-8,10-13,20,24H,5-6,9,14H2,1H3,(H,25,26). The van der Waals surface area contributed by atoms with Gasteiger partial charge in [-0.1, -0.05) is 42.5 Å². The third-order valence-corrected chi connectivity index (χ3v) is 5.50. The number of carboxylic acid groups (broad SMARTS) is 1. The molecule has 0 aliphatic rings. The summed E-state index contributed by atoms with van der Waals surface area (Å²) in [7, 11) is 0. The van der Waals surface area contributed by atoms with Crippen LogP contribution >= 0.6 is 11.3 Å². The quantitative estimate of drug-likeness (QED) is 0.557. The smallest absolute Gasteiger partial charge is 0.332 e. The molecule has 2 aromatic carbocycles. The topological polar surface area (TPSA) is 79.7 Å². The van der Waals surface area contributed by atoms with Crippen molar-refractivity contribution >= 4 is 17.3 Å². The molecule has 0 bridgehead atoms. The van der Waals surface area contributed by atoms with E-state index in [-0.39, 0.29) is 6.42 Å². The van der Waals surface area contributed by atoms with Gasteiger partial charge in [0.2, 0.25) is 0 Å². The number of carboxylic acids is 1. The molecule has 1 unspecified atom stereocenters. The van der Waals surface area contributed by atoms with E-state index in [1.54, 1.807) is 11.3 Å². The minimum absolute atomic E-state index is 0.250. The summed E-state index contributed by atoms with van der Waals surface area (Å²) in [6, 6.07) is 17.8. The largest absolute Gasteiger partial charge is 0.487 e. The van der Waals surface area contributed by atoms with Gasteiger partial charge in [0.05, 0.1) is 5.69 Å². The maximum absolute atomic E-state index is 10.6. The molecule has 0 amide bonds. The Morgan fingerprint density at radius 1 is 1.14 bits per heavy atom. The first kappa shape index (κ1) is 20.0. The van der Waals surface area contributed by atoms with Gasteiger partial charge in [-0.05, 0) is 43.9 Å². The molecule has 6 heteroatoms. The van der Waals surface area contributed by atoms with Crippen LogP contribution in [-0.4, -0.2) is 27.3 Å². The van der Waals surface area contributed by atoms with E-state index >= 15 is 0 Å². The van der Waals surface area contributed by atoms with Crippen LogP contribution in [0.2, 0.25) is 0 Å². The van der Waals surface area contributed by atoms with E-state index in [9.17, 15) is 9.90 Å². The number of thiazole rings is 1. The molecule has 5 nitrogen and oxygen atoms in total. The number of aromatic nitrogens is 1. The third kappa shape index (κ3) is 5.41. The maximum Gasteiger partial charge on any atom is 0.332 e. The van der Waals surface area contributed by atoms with Crippen molar-refractivity contribution in [1.29, 1.82) is 0 Å². The Bertz CT molecular complexity index is 906. The fourth-order valence-electron chi connectivity index (χ4n) is 2.79. The second-order valence-corrected chi connectivity index (χ2v) is 7.77. The summed E-state index contributed by atoms with van der Waals surface area (Å²) < 4.78 is 5.88. The molecule has 146 valence electrons. The van der Waals surface area contributed by atoms with Gasteiger partial charge >= 0.3 is 5.97 Å². The Labute approximate surface area is 168 Å². The first-order valence-electron chi connectivity index (χ1n) is 9.17. The number of aryl methyl sites for hydroxylation is 2. The molecule has 0 fully saturated rings. The summed E-state index contributed by atoms with van der Waals surface area (Å²) in [6.07, 6.45) is 0.301. The van der Waals surface area contributed by atoms with E-state index in [0.29, 0.717) is 13.0 Å². The third-order valence-electron chi connectivity index (χ3n) is 4.44. The van der Waals surface area contributed by atoms with E-state index in [1.165, 1.54) is 0 Å². The lowest BCUT2D eigenvalue weighted by Gasteiger charge is -2.08. The van der Waals surface area contributed by atoms with Crippen molar-refractivity contribution in [3.63, 3.8) is 0 Å². The van der Waals surface area contributed by atoms with Crippen LogP contribution in [0.15, 0.2) is 54.6 Å². The summed E-state index contributed by atoms with van der Waals surface area (Å²) in [5, 5.41) is 19.0. The zero-order valence-corrected chi connectivity index (χ0v) is 16.5. The first-order valence-corrected chi connectivity index (χ1v) is 9.99. The van der Waals surface area contributed by atoms with Gasteiger partial charge < -0.3 is 14.9 Å². The molecular formula is C22H23NO4S. The fourth-order valence-corrected chi connectivity index (χ4v) is 3.72. The van der Waals surface area contributed by atoms with Crippen LogP contribution in [-0.2, 0) is 17.8 Å². The molecule has 28 heavy (non-hydrogen) atoms. The summed E-state index contributed by atoms with van der Waals surface area (Å²) in [4.78, 5) is 16.5. The first-order chi connectivity index (χ1) is 13.5. The summed E-state index contributed by atoms with van der Waals surface area (Å²) in [6.45, 7) is 2.47. The van der Waals surface area contributed by atoms with Crippen LogP contribution in [0.3, 0.4) is 0 Å². The van der Waals surface area contributed by atoms with Gasteiger partial charge in [0.25, 0.3) is 0 Å². The molecule has 0 aliphatic carbocycles. The molecule has 1 heterocycles. The Hall–Kier alpha value is -2.70. The van der Waals surface area contributed by atoms with Gasteiger partial charge in [-0.3, -0.25) is 0 Å². The van der Waals surface area contributed by atoms with Gasteiger partial charge in [-0.2, -0.15) is 0 Å². The molecule has 3 rings (SSSR count). The normalized spacial score (nSPS) is 11.9. The van der Waals surface area contributed by atoms with Crippen LogP contribution in [0.1, 0.15) is 29.0 Å². The van der Waals surface area contributed by atoms with Crippen molar-refractivity contribution in [2.45, 2.75) is 38.9 Å². The minimum Gasteiger partial charge on any atom is -0.487 e. The zero-order chi connectivity index (χ0) is 19.9. The van der Waals surface area contributed by atoms with Crippen molar-refractivity contribution in [2.75, 3.05) is 0 Å². The monoisotopic (exact) mass is 397 g/mol. The zero-order valence-electron chi connectivity index (χ0n) is 15.7. The van der Waals surface area contributed by atoms with Crippen molar-refractivity contribution in [3.8, 4) is 16.3 Å². The summed E-state index contributed by atoms with van der Waals surface area (Å²) in [5.41, 5.74) is 3.14. The highest BCUT2D eigenvalue weighted by molar-refractivity contribution is 7.15. The lowest BCUT2D eigenvalue weighted by molar-refractivity contribution is -0.146. The maximum atomic E-state index is 10.6. The van der Waals surface area contributed by atoms with Gasteiger partial charge in [-0.25, -0.2) is 9.78 Å². The highest BCUT2D eigenvalue weighted by atomic mass is 32.1. The summed E-state index contributed by atoms with van der Waals surface area (Å²) >= 11 is 1.67. The molecule has 0 saturated heterocycles. The average molecular weight is 397 g/mol. The van der Waals surface area contributed by atoms with Gasteiger partial charge in [0, 0.05) is 10.4 Å². The highest BCUT2D eigenvalue weighted by Crippen LogP contribution is 2.28. The fraction of sp³-hybridized carbons (Fsp3) is 0.273. The van der Waals surface area contributed by atoms with Crippen LogP contribution in [0.5, 0.6) is 5.75 Å². The summed E-state index contributed by atoms with van der Waals surface area (Å²) in [5.74, 6) is -0.403. The molecule has 1 aromatic heterocycles. The van der Waals surface area contributed by atoms with Crippen molar-refractivity contribution < 1.29 is 19.7 Å². The highest BCUT2D eigenvalue weighted by Gasteiger charge is 2.12. The molecule has 3 aromatic rings. The number of aliphatic hydroxyl groups excluding tert-OH is 1. The van der Waals surface area contributed by atoms with Crippen LogP contribution in [0, 0.1) is 6.92 Å². The number of aliphatic carboxylic acids is 1. The Balaban J connectivity index is 1.53. The van der Waals surface area contributed by atoms with Gasteiger partial charge in [0.1, 0.15) is 17.4 Å². The van der Waals surface area contributed by atoms with E-state index in [0.717, 1.165) is 38.9 Å². The van der Waals surface area contributed by atoms with Crippen molar-refractivity contribution in [1.82, 2.24) is 4.98 Å².